The standard InChI is InChI=1S/C16H19N7/c17-11-3-6-23(8-12(11)18)14-2-5-20-16-15(14)10(7-21-16)13-1-4-19-9-22-13/h1-2,4-5,7,9,11-12H,3,6,8,17-18H2,(H,20,21). The van der Waals surface area contributed by atoms with Gasteiger partial charge in [0.1, 0.15) is 12.0 Å². The molecule has 0 spiro atoms. The van der Waals surface area contributed by atoms with E-state index in [1.54, 1.807) is 12.5 Å². The molecule has 0 bridgehead atoms. The van der Waals surface area contributed by atoms with Gasteiger partial charge >= 0.3 is 0 Å². The first-order chi connectivity index (χ1) is 11.2. The fraction of sp³-hybridized carbons (Fsp3) is 0.312. The zero-order valence-corrected chi connectivity index (χ0v) is 12.7. The normalized spacial score (nSPS) is 21.7. The van der Waals surface area contributed by atoms with Gasteiger partial charge in [0.05, 0.1) is 16.8 Å². The third-order valence-corrected chi connectivity index (χ3v) is 4.46. The van der Waals surface area contributed by atoms with Gasteiger partial charge in [-0.05, 0) is 18.6 Å². The van der Waals surface area contributed by atoms with Gasteiger partial charge in [0.2, 0.25) is 0 Å². The van der Waals surface area contributed by atoms with Crippen molar-refractivity contribution in [3.63, 3.8) is 0 Å². The van der Waals surface area contributed by atoms with E-state index in [2.05, 4.69) is 24.8 Å². The number of nitrogens with zero attached hydrogens (tertiary/aromatic N) is 4. The fourth-order valence-electron chi connectivity index (χ4n) is 3.17. The van der Waals surface area contributed by atoms with Crippen molar-refractivity contribution < 1.29 is 0 Å². The van der Waals surface area contributed by atoms with E-state index in [9.17, 15) is 0 Å². The van der Waals surface area contributed by atoms with Crippen molar-refractivity contribution in [2.75, 3.05) is 18.0 Å². The molecule has 7 nitrogen and oxygen atoms in total. The van der Waals surface area contributed by atoms with E-state index in [1.807, 2.05) is 24.5 Å². The largest absolute Gasteiger partial charge is 0.369 e. The molecule has 1 saturated heterocycles. The fourth-order valence-corrected chi connectivity index (χ4v) is 3.17. The molecular formula is C16H19N7. The first-order valence-corrected chi connectivity index (χ1v) is 7.72. The Morgan fingerprint density at radius 3 is 2.83 bits per heavy atom. The van der Waals surface area contributed by atoms with Crippen molar-refractivity contribution >= 4 is 16.7 Å². The molecule has 5 N–H and O–H groups in total. The van der Waals surface area contributed by atoms with E-state index < -0.39 is 0 Å². The molecule has 1 fully saturated rings. The summed E-state index contributed by atoms with van der Waals surface area (Å²) in [6.07, 6.45) is 7.95. The third-order valence-electron chi connectivity index (χ3n) is 4.46. The number of aromatic nitrogens is 4. The van der Waals surface area contributed by atoms with Gasteiger partial charge in [-0.1, -0.05) is 0 Å². The third kappa shape index (κ3) is 2.43. The van der Waals surface area contributed by atoms with Crippen LogP contribution in [0.2, 0.25) is 0 Å². The topological polar surface area (TPSA) is 110 Å². The second-order valence-corrected chi connectivity index (χ2v) is 5.91. The molecule has 4 heterocycles. The SMILES string of the molecule is NC1CCN(c2ccnc3[nH]cc(-c4ccncn4)c23)CC1N. The van der Waals surface area contributed by atoms with Crippen LogP contribution in [0.15, 0.2) is 37.1 Å². The lowest BCUT2D eigenvalue weighted by Gasteiger charge is -2.36. The first kappa shape index (κ1) is 14.1. The van der Waals surface area contributed by atoms with Crippen LogP contribution in [0, 0.1) is 0 Å². The summed E-state index contributed by atoms with van der Waals surface area (Å²) in [6, 6.07) is 3.98. The van der Waals surface area contributed by atoms with E-state index in [0.717, 1.165) is 47.5 Å². The minimum atomic E-state index is -0.0200. The molecule has 23 heavy (non-hydrogen) atoms. The molecule has 118 valence electrons. The number of nitrogens with two attached hydrogens (primary N) is 2. The van der Waals surface area contributed by atoms with Gasteiger partial charge in [-0.2, -0.15) is 0 Å². The van der Waals surface area contributed by atoms with E-state index in [1.165, 1.54) is 0 Å². The van der Waals surface area contributed by atoms with Crippen LogP contribution in [0.4, 0.5) is 5.69 Å². The Labute approximate surface area is 133 Å². The molecule has 0 saturated carbocycles. The van der Waals surface area contributed by atoms with Crippen molar-refractivity contribution in [2.45, 2.75) is 18.5 Å². The Morgan fingerprint density at radius 1 is 1.13 bits per heavy atom. The van der Waals surface area contributed by atoms with Gasteiger partial charge in [-0.15, -0.1) is 0 Å². The molecule has 2 unspecified atom stereocenters. The highest BCUT2D eigenvalue weighted by atomic mass is 15.2. The van der Waals surface area contributed by atoms with E-state index >= 15 is 0 Å². The molecule has 0 radical (unpaired) electrons. The highest BCUT2D eigenvalue weighted by molar-refractivity contribution is 6.01. The predicted octanol–water partition coefficient (Wildman–Crippen LogP) is 0.885. The molecule has 7 heteroatoms. The number of fused-ring (bicyclic) bond motifs is 1. The number of H-pyrrole nitrogens is 1. The van der Waals surface area contributed by atoms with E-state index in [4.69, 9.17) is 11.5 Å². The summed E-state index contributed by atoms with van der Waals surface area (Å²) in [5.74, 6) is 0. The number of anilines is 1. The van der Waals surface area contributed by atoms with Crippen LogP contribution in [0.3, 0.4) is 0 Å². The Morgan fingerprint density at radius 2 is 2.04 bits per heavy atom. The maximum absolute atomic E-state index is 6.16. The summed E-state index contributed by atoms with van der Waals surface area (Å²) in [7, 11) is 0. The second-order valence-electron chi connectivity index (χ2n) is 5.91. The van der Waals surface area contributed by atoms with Crippen LogP contribution in [0.1, 0.15) is 6.42 Å². The Bertz CT molecular complexity index is 814. The predicted molar refractivity (Wildman–Crippen MR) is 89.9 cm³/mol. The zero-order valence-electron chi connectivity index (χ0n) is 12.7. The zero-order chi connectivity index (χ0) is 15.8. The van der Waals surface area contributed by atoms with Crippen LogP contribution in [-0.4, -0.2) is 45.1 Å². The van der Waals surface area contributed by atoms with E-state index in [-0.39, 0.29) is 12.1 Å². The molecule has 1 aliphatic rings. The van der Waals surface area contributed by atoms with Crippen LogP contribution < -0.4 is 16.4 Å². The van der Waals surface area contributed by atoms with Gasteiger partial charge in [-0.3, -0.25) is 0 Å². The van der Waals surface area contributed by atoms with Gasteiger partial charge in [0.25, 0.3) is 0 Å². The molecule has 0 amide bonds. The maximum Gasteiger partial charge on any atom is 0.140 e. The number of hydrogen-bond acceptors (Lipinski definition) is 6. The second kappa shape index (κ2) is 5.60. The minimum Gasteiger partial charge on any atom is -0.369 e. The summed E-state index contributed by atoms with van der Waals surface area (Å²) in [5.41, 5.74) is 16.1. The van der Waals surface area contributed by atoms with Gasteiger partial charge < -0.3 is 21.4 Å². The smallest absolute Gasteiger partial charge is 0.140 e. The van der Waals surface area contributed by atoms with Crippen molar-refractivity contribution in [1.82, 2.24) is 19.9 Å². The van der Waals surface area contributed by atoms with Gasteiger partial charge in [0, 0.05) is 49.3 Å². The number of piperidine rings is 1. The quantitative estimate of drug-likeness (QED) is 0.648. The summed E-state index contributed by atoms with van der Waals surface area (Å²) in [6.45, 7) is 1.64. The molecular weight excluding hydrogens is 290 g/mol. The molecule has 1 aliphatic heterocycles. The van der Waals surface area contributed by atoms with Crippen molar-refractivity contribution in [3.05, 3.63) is 37.1 Å². The molecule has 0 aromatic carbocycles. The Kier molecular flexibility index (Phi) is 3.44. The Hall–Kier alpha value is -2.51. The van der Waals surface area contributed by atoms with E-state index in [0.29, 0.717) is 0 Å². The first-order valence-electron chi connectivity index (χ1n) is 7.72. The molecule has 3 aromatic rings. The van der Waals surface area contributed by atoms with Crippen molar-refractivity contribution in [1.29, 1.82) is 0 Å². The lowest BCUT2D eigenvalue weighted by atomic mass is 9.99. The Balaban J connectivity index is 1.83. The van der Waals surface area contributed by atoms with Crippen molar-refractivity contribution in [2.24, 2.45) is 11.5 Å². The maximum atomic E-state index is 6.16. The van der Waals surface area contributed by atoms with Crippen LogP contribution >= 0.6 is 0 Å². The van der Waals surface area contributed by atoms with Crippen LogP contribution in [0.5, 0.6) is 0 Å². The highest BCUT2D eigenvalue weighted by Crippen LogP contribution is 2.34. The summed E-state index contributed by atoms with van der Waals surface area (Å²) >= 11 is 0. The molecule has 3 aromatic heterocycles. The molecule has 4 rings (SSSR count). The lowest BCUT2D eigenvalue weighted by Crippen LogP contribution is -2.55. The average molecular weight is 309 g/mol. The number of nitrogens with one attached hydrogen (secondary N) is 1. The lowest BCUT2D eigenvalue weighted by molar-refractivity contribution is 0.439. The van der Waals surface area contributed by atoms with Gasteiger partial charge in [0.15, 0.2) is 0 Å². The number of rotatable bonds is 2. The van der Waals surface area contributed by atoms with Crippen LogP contribution in [0.25, 0.3) is 22.3 Å². The number of hydrogen-bond donors (Lipinski definition) is 3. The molecule has 0 aliphatic carbocycles. The van der Waals surface area contributed by atoms with Crippen LogP contribution in [-0.2, 0) is 0 Å². The highest BCUT2D eigenvalue weighted by Gasteiger charge is 2.26. The number of aromatic amines is 1. The summed E-state index contributed by atoms with van der Waals surface area (Å²) in [4.78, 5) is 18.3. The monoisotopic (exact) mass is 309 g/mol. The minimum absolute atomic E-state index is 0.0200. The van der Waals surface area contributed by atoms with Crippen molar-refractivity contribution in [3.8, 4) is 11.3 Å². The summed E-state index contributed by atoms with van der Waals surface area (Å²) in [5, 5.41) is 1.06. The number of pyridine rings is 1. The van der Waals surface area contributed by atoms with Gasteiger partial charge in [-0.25, -0.2) is 15.0 Å². The summed E-state index contributed by atoms with van der Waals surface area (Å²) < 4.78 is 0. The average Bonchev–Trinajstić information content (AvgIpc) is 3.02. The molecule has 2 atom stereocenters.